The average molecular weight is 280 g/mol. The smallest absolute Gasteiger partial charge is 0.338 e. The van der Waals surface area contributed by atoms with Crippen LogP contribution >= 0.6 is 0 Å². The molecule has 0 saturated heterocycles. The molecule has 1 atom stereocenters. The largest absolute Gasteiger partial charge is 0.341 e. The van der Waals surface area contributed by atoms with Crippen LogP contribution in [0.3, 0.4) is 0 Å². The molecule has 0 radical (unpaired) electrons. The van der Waals surface area contributed by atoms with Crippen molar-refractivity contribution < 1.29 is 9.32 Å². The van der Waals surface area contributed by atoms with Crippen LogP contribution in [0.5, 0.6) is 0 Å². The number of aromatic amines is 2. The molecule has 1 amide bonds. The second kappa shape index (κ2) is 4.91. The summed E-state index contributed by atoms with van der Waals surface area (Å²) >= 11 is 0. The van der Waals surface area contributed by atoms with Gasteiger partial charge in [0.2, 0.25) is 11.7 Å². The SMILES string of the molecule is C[C@@H](NC(=O)c1n[nH]c(=O)[nH]1)c1nc(C(C)(C)C)no1. The van der Waals surface area contributed by atoms with Gasteiger partial charge in [-0.05, 0) is 6.92 Å². The summed E-state index contributed by atoms with van der Waals surface area (Å²) in [6.45, 7) is 7.57. The van der Waals surface area contributed by atoms with Crippen LogP contribution in [0.2, 0.25) is 0 Å². The Morgan fingerprint density at radius 3 is 2.60 bits per heavy atom. The van der Waals surface area contributed by atoms with Gasteiger partial charge in [-0.3, -0.25) is 9.78 Å². The van der Waals surface area contributed by atoms with Gasteiger partial charge in [-0.2, -0.15) is 4.98 Å². The Kier molecular flexibility index (Phi) is 3.43. The summed E-state index contributed by atoms with van der Waals surface area (Å²) in [7, 11) is 0. The lowest BCUT2D eigenvalue weighted by Crippen LogP contribution is -2.28. The minimum Gasteiger partial charge on any atom is -0.338 e. The fraction of sp³-hybridized carbons (Fsp3) is 0.545. The zero-order chi connectivity index (χ0) is 14.9. The van der Waals surface area contributed by atoms with Crippen LogP contribution in [-0.4, -0.2) is 31.2 Å². The van der Waals surface area contributed by atoms with Crippen molar-refractivity contribution in [3.63, 3.8) is 0 Å². The molecule has 0 spiro atoms. The number of hydrogen-bond donors (Lipinski definition) is 3. The van der Waals surface area contributed by atoms with E-state index in [1.54, 1.807) is 6.92 Å². The van der Waals surface area contributed by atoms with E-state index < -0.39 is 17.6 Å². The Balaban J connectivity index is 2.08. The molecule has 20 heavy (non-hydrogen) atoms. The average Bonchev–Trinajstić information content (AvgIpc) is 2.95. The Bertz CT molecular complexity index is 662. The molecule has 0 saturated carbocycles. The number of H-pyrrole nitrogens is 2. The van der Waals surface area contributed by atoms with Crippen molar-refractivity contribution in [1.29, 1.82) is 0 Å². The Morgan fingerprint density at radius 1 is 1.40 bits per heavy atom. The van der Waals surface area contributed by atoms with Crippen LogP contribution in [0.25, 0.3) is 0 Å². The van der Waals surface area contributed by atoms with E-state index in [0.29, 0.717) is 11.7 Å². The molecule has 0 aromatic carbocycles. The Labute approximate surface area is 114 Å². The zero-order valence-electron chi connectivity index (χ0n) is 11.6. The molecule has 9 nitrogen and oxygen atoms in total. The van der Waals surface area contributed by atoms with Gasteiger partial charge < -0.3 is 9.84 Å². The maximum absolute atomic E-state index is 11.8. The first-order valence-electron chi connectivity index (χ1n) is 6.07. The molecule has 0 bridgehead atoms. The van der Waals surface area contributed by atoms with Gasteiger partial charge in [0, 0.05) is 5.41 Å². The maximum Gasteiger partial charge on any atom is 0.341 e. The molecular formula is C11H16N6O3. The first kappa shape index (κ1) is 14.0. The maximum atomic E-state index is 11.8. The number of nitrogens with zero attached hydrogens (tertiary/aromatic N) is 3. The van der Waals surface area contributed by atoms with Crippen molar-refractivity contribution in [2.75, 3.05) is 0 Å². The molecule has 0 aliphatic carbocycles. The third-order valence-corrected chi connectivity index (χ3v) is 2.55. The molecule has 2 heterocycles. The number of amides is 1. The molecule has 0 aliphatic heterocycles. The molecule has 9 heteroatoms. The summed E-state index contributed by atoms with van der Waals surface area (Å²) in [5.74, 6) is 0.215. The molecular weight excluding hydrogens is 264 g/mol. The fourth-order valence-corrected chi connectivity index (χ4v) is 1.42. The van der Waals surface area contributed by atoms with Crippen molar-refractivity contribution in [3.8, 4) is 0 Å². The van der Waals surface area contributed by atoms with Crippen LogP contribution in [-0.2, 0) is 5.41 Å². The van der Waals surface area contributed by atoms with Crippen LogP contribution < -0.4 is 11.0 Å². The van der Waals surface area contributed by atoms with E-state index in [1.165, 1.54) is 0 Å². The summed E-state index contributed by atoms with van der Waals surface area (Å²) in [6, 6.07) is -0.494. The predicted molar refractivity (Wildman–Crippen MR) is 68.1 cm³/mol. The van der Waals surface area contributed by atoms with E-state index >= 15 is 0 Å². The highest BCUT2D eigenvalue weighted by Crippen LogP contribution is 2.20. The second-order valence-corrected chi connectivity index (χ2v) is 5.43. The van der Waals surface area contributed by atoms with E-state index in [2.05, 4.69) is 30.6 Å². The minimum atomic E-state index is -0.546. The quantitative estimate of drug-likeness (QED) is 0.739. The molecule has 3 N–H and O–H groups in total. The number of rotatable bonds is 3. The third-order valence-electron chi connectivity index (χ3n) is 2.55. The number of nitrogens with one attached hydrogen (secondary N) is 3. The van der Waals surface area contributed by atoms with Crippen LogP contribution in [0.4, 0.5) is 0 Å². The van der Waals surface area contributed by atoms with Gasteiger partial charge in [0.15, 0.2) is 5.82 Å². The molecule has 0 aliphatic rings. The summed E-state index contributed by atoms with van der Waals surface area (Å²) in [5, 5.41) is 12.1. The van der Waals surface area contributed by atoms with Gasteiger partial charge in [-0.15, -0.1) is 5.10 Å². The highest BCUT2D eigenvalue weighted by atomic mass is 16.5. The van der Waals surface area contributed by atoms with Gasteiger partial charge >= 0.3 is 5.69 Å². The molecule has 108 valence electrons. The summed E-state index contributed by atoms with van der Waals surface area (Å²) < 4.78 is 5.12. The van der Waals surface area contributed by atoms with Gasteiger partial charge in [-0.1, -0.05) is 25.9 Å². The van der Waals surface area contributed by atoms with Gasteiger partial charge in [0.1, 0.15) is 6.04 Å². The summed E-state index contributed by atoms with van der Waals surface area (Å²) in [5.41, 5.74) is -0.783. The lowest BCUT2D eigenvalue weighted by molar-refractivity contribution is 0.0922. The second-order valence-electron chi connectivity index (χ2n) is 5.43. The monoisotopic (exact) mass is 280 g/mol. The van der Waals surface area contributed by atoms with E-state index in [9.17, 15) is 9.59 Å². The highest BCUT2D eigenvalue weighted by molar-refractivity contribution is 5.90. The van der Waals surface area contributed by atoms with Crippen molar-refractivity contribution >= 4 is 5.91 Å². The van der Waals surface area contributed by atoms with Crippen molar-refractivity contribution in [2.24, 2.45) is 0 Å². The number of carbonyl (C=O) groups excluding carboxylic acids is 1. The standard InChI is InChI=1S/C11H16N6O3/c1-5(8-14-9(17-20-8)11(2,3)4)12-7(18)6-13-10(19)16-15-6/h5H,1-4H3,(H,12,18)(H2,13,15,16,19)/t5-/m1/s1. The minimum absolute atomic E-state index is 0.0996. The molecule has 0 fully saturated rings. The topological polar surface area (TPSA) is 130 Å². The first-order chi connectivity index (χ1) is 9.27. The Morgan fingerprint density at radius 2 is 2.10 bits per heavy atom. The van der Waals surface area contributed by atoms with E-state index in [1.807, 2.05) is 20.8 Å². The number of hydrogen-bond acceptors (Lipinski definition) is 6. The van der Waals surface area contributed by atoms with Gasteiger partial charge in [-0.25, -0.2) is 9.89 Å². The first-order valence-corrected chi connectivity index (χ1v) is 6.07. The molecule has 2 rings (SSSR count). The Hall–Kier alpha value is -2.45. The highest BCUT2D eigenvalue weighted by Gasteiger charge is 2.24. The van der Waals surface area contributed by atoms with E-state index in [0.717, 1.165) is 0 Å². The number of carbonyl (C=O) groups is 1. The number of aromatic nitrogens is 5. The summed E-state index contributed by atoms with van der Waals surface area (Å²) in [6.07, 6.45) is 0. The van der Waals surface area contributed by atoms with Crippen LogP contribution in [0, 0.1) is 0 Å². The van der Waals surface area contributed by atoms with Crippen molar-refractivity contribution in [2.45, 2.75) is 39.2 Å². The lowest BCUT2D eigenvalue weighted by atomic mass is 9.96. The van der Waals surface area contributed by atoms with Crippen LogP contribution in [0.15, 0.2) is 9.32 Å². The lowest BCUT2D eigenvalue weighted by Gasteiger charge is -2.11. The summed E-state index contributed by atoms with van der Waals surface area (Å²) in [4.78, 5) is 29.2. The molecule has 0 unspecified atom stereocenters. The van der Waals surface area contributed by atoms with Crippen molar-refractivity contribution in [1.82, 2.24) is 30.6 Å². The fourth-order valence-electron chi connectivity index (χ4n) is 1.42. The van der Waals surface area contributed by atoms with Gasteiger partial charge in [0.05, 0.1) is 0 Å². The van der Waals surface area contributed by atoms with E-state index in [4.69, 9.17) is 4.52 Å². The normalized spacial score (nSPS) is 13.2. The molecule has 2 aromatic rings. The van der Waals surface area contributed by atoms with Crippen molar-refractivity contribution in [3.05, 3.63) is 28.0 Å². The third kappa shape index (κ3) is 2.92. The zero-order valence-corrected chi connectivity index (χ0v) is 11.6. The van der Waals surface area contributed by atoms with E-state index in [-0.39, 0.29) is 11.2 Å². The van der Waals surface area contributed by atoms with Gasteiger partial charge in [0.25, 0.3) is 5.91 Å². The predicted octanol–water partition coefficient (Wildman–Crippen LogP) is 0.269. The molecule has 2 aromatic heterocycles. The van der Waals surface area contributed by atoms with Crippen LogP contribution in [0.1, 0.15) is 56.1 Å².